The molecule has 2 aliphatic heterocycles. The Morgan fingerprint density at radius 2 is 1.84 bits per heavy atom. The van der Waals surface area contributed by atoms with Gasteiger partial charge in [0.2, 0.25) is 0 Å². The Balaban J connectivity index is 1.43. The molecule has 1 aromatic heterocycles. The van der Waals surface area contributed by atoms with Crippen molar-refractivity contribution < 1.29 is 4.79 Å². The molecule has 174 valence electrons. The minimum atomic E-state index is 0.178. The molecule has 6 heteroatoms. The van der Waals surface area contributed by atoms with E-state index in [0.29, 0.717) is 5.92 Å². The lowest BCUT2D eigenvalue weighted by Crippen LogP contribution is -2.48. The summed E-state index contributed by atoms with van der Waals surface area (Å²) in [6.45, 7) is 12.3. The molecule has 0 unspecified atom stereocenters. The summed E-state index contributed by atoms with van der Waals surface area (Å²) in [4.78, 5) is 21.1. The van der Waals surface area contributed by atoms with Gasteiger partial charge in [0.05, 0.1) is 5.69 Å². The molecule has 31 heavy (non-hydrogen) atoms. The van der Waals surface area contributed by atoms with Crippen LogP contribution < -0.4 is 0 Å². The minimum Gasteiger partial charge on any atom is -0.336 e. The van der Waals surface area contributed by atoms with E-state index in [2.05, 4.69) is 26.7 Å². The van der Waals surface area contributed by atoms with Crippen molar-refractivity contribution in [3.05, 3.63) is 17.5 Å². The Morgan fingerprint density at radius 1 is 1.06 bits per heavy atom. The second-order valence-corrected chi connectivity index (χ2v) is 10.1. The number of aromatic nitrogens is 2. The summed E-state index contributed by atoms with van der Waals surface area (Å²) in [7, 11) is 0. The number of carbonyl (C=O) groups is 1. The predicted octanol–water partition coefficient (Wildman–Crippen LogP) is 3.79. The van der Waals surface area contributed by atoms with Crippen molar-refractivity contribution in [3.63, 3.8) is 0 Å². The summed E-state index contributed by atoms with van der Waals surface area (Å²) >= 11 is 0. The van der Waals surface area contributed by atoms with E-state index in [1.807, 2.05) is 17.7 Å². The van der Waals surface area contributed by atoms with E-state index in [-0.39, 0.29) is 5.91 Å². The molecule has 0 spiro atoms. The fourth-order valence-electron chi connectivity index (χ4n) is 6.00. The second-order valence-electron chi connectivity index (χ2n) is 10.1. The van der Waals surface area contributed by atoms with Crippen LogP contribution >= 0.6 is 0 Å². The molecule has 1 atom stereocenters. The summed E-state index contributed by atoms with van der Waals surface area (Å²) in [5, 5.41) is 4.54. The van der Waals surface area contributed by atoms with Crippen LogP contribution in [0.15, 0.2) is 6.07 Å². The van der Waals surface area contributed by atoms with E-state index in [9.17, 15) is 4.79 Å². The predicted molar refractivity (Wildman–Crippen MR) is 125 cm³/mol. The number of piperidine rings is 2. The maximum atomic E-state index is 13.7. The van der Waals surface area contributed by atoms with Crippen molar-refractivity contribution in [1.82, 2.24) is 24.5 Å². The molecule has 4 rings (SSSR count). The van der Waals surface area contributed by atoms with E-state index in [0.717, 1.165) is 43.6 Å². The molecule has 1 saturated carbocycles. The number of amides is 1. The van der Waals surface area contributed by atoms with Gasteiger partial charge >= 0.3 is 0 Å². The minimum absolute atomic E-state index is 0.178. The van der Waals surface area contributed by atoms with E-state index in [4.69, 9.17) is 0 Å². The van der Waals surface area contributed by atoms with Crippen molar-refractivity contribution in [1.29, 1.82) is 0 Å². The lowest BCUT2D eigenvalue weighted by Gasteiger charge is -2.39. The van der Waals surface area contributed by atoms with Gasteiger partial charge in [-0.15, -0.1) is 0 Å². The fourth-order valence-corrected chi connectivity index (χ4v) is 6.00. The monoisotopic (exact) mass is 429 g/mol. The molecule has 1 aliphatic carbocycles. The van der Waals surface area contributed by atoms with Gasteiger partial charge in [0, 0.05) is 38.8 Å². The van der Waals surface area contributed by atoms with Crippen LogP contribution in [0.25, 0.3) is 0 Å². The molecular formula is C25H43N5O. The third kappa shape index (κ3) is 5.89. The average Bonchev–Trinajstić information content (AvgIpc) is 3.47. The van der Waals surface area contributed by atoms with E-state index >= 15 is 0 Å². The molecule has 3 fully saturated rings. The molecule has 0 aromatic carbocycles. The average molecular weight is 430 g/mol. The van der Waals surface area contributed by atoms with E-state index in [1.165, 1.54) is 84.0 Å². The first-order valence-corrected chi connectivity index (χ1v) is 12.9. The van der Waals surface area contributed by atoms with Crippen LogP contribution in [0.1, 0.15) is 80.9 Å². The highest BCUT2D eigenvalue weighted by Crippen LogP contribution is 2.28. The molecule has 3 heterocycles. The zero-order valence-corrected chi connectivity index (χ0v) is 19.9. The molecule has 6 nitrogen and oxygen atoms in total. The highest BCUT2D eigenvalue weighted by Gasteiger charge is 2.30. The number of aryl methyl sites for hydroxylation is 2. The lowest BCUT2D eigenvalue weighted by molar-refractivity contribution is 0.0599. The Kier molecular flexibility index (Phi) is 8.05. The zero-order chi connectivity index (χ0) is 21.6. The van der Waals surface area contributed by atoms with Crippen LogP contribution in [-0.2, 0) is 6.54 Å². The smallest absolute Gasteiger partial charge is 0.272 e. The summed E-state index contributed by atoms with van der Waals surface area (Å²) in [5.74, 6) is 0.774. The van der Waals surface area contributed by atoms with Gasteiger partial charge < -0.3 is 14.7 Å². The van der Waals surface area contributed by atoms with Crippen LogP contribution in [0.5, 0.6) is 0 Å². The first-order chi connectivity index (χ1) is 15.1. The molecule has 0 bridgehead atoms. The maximum Gasteiger partial charge on any atom is 0.272 e. The molecular weight excluding hydrogens is 386 g/mol. The van der Waals surface area contributed by atoms with Crippen molar-refractivity contribution in [2.45, 2.75) is 84.2 Å². The number of nitrogens with zero attached hydrogens (tertiary/aromatic N) is 5. The Labute approximate surface area is 188 Å². The fraction of sp³-hybridized carbons (Fsp3) is 0.840. The van der Waals surface area contributed by atoms with Crippen LogP contribution in [0.2, 0.25) is 0 Å². The Morgan fingerprint density at radius 3 is 2.58 bits per heavy atom. The highest BCUT2D eigenvalue weighted by molar-refractivity contribution is 5.92. The van der Waals surface area contributed by atoms with Crippen LogP contribution in [-0.4, -0.2) is 82.2 Å². The van der Waals surface area contributed by atoms with Crippen molar-refractivity contribution in [3.8, 4) is 0 Å². The second kappa shape index (κ2) is 11.0. The van der Waals surface area contributed by atoms with Gasteiger partial charge in [0.1, 0.15) is 5.69 Å². The first kappa shape index (κ1) is 22.8. The molecule has 1 aromatic rings. The van der Waals surface area contributed by atoms with Crippen LogP contribution in [0, 0.1) is 12.8 Å². The number of carbonyl (C=O) groups excluding carboxylic acids is 1. The van der Waals surface area contributed by atoms with Gasteiger partial charge in [-0.25, -0.2) is 0 Å². The van der Waals surface area contributed by atoms with Crippen LogP contribution in [0.4, 0.5) is 0 Å². The van der Waals surface area contributed by atoms with Crippen LogP contribution in [0.3, 0.4) is 0 Å². The van der Waals surface area contributed by atoms with Gasteiger partial charge in [0.15, 0.2) is 0 Å². The standard InChI is InChI=1S/C25H43N5O/c1-3-30-24(18-21(2)26-30)25(31)29(17-16-27-13-7-4-8-14-27)20-22-10-9-15-28(19-22)23-11-5-6-12-23/h18,22-23H,3-17,19-20H2,1-2H3/t22-/m1/s1. The summed E-state index contributed by atoms with van der Waals surface area (Å²) in [6, 6.07) is 2.77. The maximum absolute atomic E-state index is 13.7. The number of hydrogen-bond donors (Lipinski definition) is 0. The van der Waals surface area contributed by atoms with Gasteiger partial charge in [0.25, 0.3) is 5.91 Å². The highest BCUT2D eigenvalue weighted by atomic mass is 16.2. The summed E-state index contributed by atoms with van der Waals surface area (Å²) < 4.78 is 1.89. The van der Waals surface area contributed by atoms with Gasteiger partial charge in [-0.3, -0.25) is 9.48 Å². The molecule has 0 radical (unpaired) electrons. The third-order valence-electron chi connectivity index (χ3n) is 7.71. The zero-order valence-electron chi connectivity index (χ0n) is 19.9. The van der Waals surface area contributed by atoms with Crippen molar-refractivity contribution in [2.24, 2.45) is 5.92 Å². The Bertz CT molecular complexity index is 705. The summed E-state index contributed by atoms with van der Waals surface area (Å²) in [5.41, 5.74) is 1.70. The van der Waals surface area contributed by atoms with E-state index < -0.39 is 0 Å². The summed E-state index contributed by atoms with van der Waals surface area (Å²) in [6.07, 6.45) is 12.0. The van der Waals surface area contributed by atoms with Gasteiger partial charge in [-0.2, -0.15) is 5.10 Å². The topological polar surface area (TPSA) is 44.6 Å². The van der Waals surface area contributed by atoms with Crippen molar-refractivity contribution >= 4 is 5.91 Å². The molecule has 2 saturated heterocycles. The molecule has 1 amide bonds. The van der Waals surface area contributed by atoms with Gasteiger partial charge in [-0.05, 0) is 84.0 Å². The first-order valence-electron chi connectivity index (χ1n) is 12.9. The molecule has 3 aliphatic rings. The van der Waals surface area contributed by atoms with Gasteiger partial charge in [-0.1, -0.05) is 19.3 Å². The number of likely N-dealkylation sites (tertiary alicyclic amines) is 2. The molecule has 0 N–H and O–H groups in total. The third-order valence-corrected chi connectivity index (χ3v) is 7.71. The quantitative estimate of drug-likeness (QED) is 0.631. The van der Waals surface area contributed by atoms with E-state index in [1.54, 1.807) is 0 Å². The number of rotatable bonds is 8. The lowest BCUT2D eigenvalue weighted by atomic mass is 9.95. The Hall–Kier alpha value is -1.40. The SMILES string of the molecule is CCn1nc(C)cc1C(=O)N(CCN1CCCCC1)C[C@@H]1CCCN(C2CCCC2)C1. The number of hydrogen-bond acceptors (Lipinski definition) is 4. The van der Waals surface area contributed by atoms with Crippen molar-refractivity contribution in [2.75, 3.05) is 45.8 Å². The largest absolute Gasteiger partial charge is 0.336 e. The normalized spacial score (nSPS) is 24.0.